The zero-order chi connectivity index (χ0) is 21.5. The van der Waals surface area contributed by atoms with Crippen LogP contribution in [0, 0.1) is 0 Å². The van der Waals surface area contributed by atoms with E-state index in [-0.39, 0.29) is 12.5 Å². The lowest BCUT2D eigenvalue weighted by Gasteiger charge is -2.32. The van der Waals surface area contributed by atoms with Gasteiger partial charge in [-0.3, -0.25) is 9.59 Å². The molecule has 30 heavy (non-hydrogen) atoms. The first-order chi connectivity index (χ1) is 14.5. The molecule has 3 rings (SSSR count). The molecule has 2 aromatic rings. The van der Waals surface area contributed by atoms with Crippen LogP contribution in [0.25, 0.3) is 0 Å². The molecule has 1 fully saturated rings. The molecule has 2 aromatic carbocycles. The Bertz CT molecular complexity index is 895. The van der Waals surface area contributed by atoms with Crippen molar-refractivity contribution >= 4 is 23.5 Å². The average Bonchev–Trinajstić information content (AvgIpc) is 2.81. The second-order valence-electron chi connectivity index (χ2n) is 7.40. The molecule has 1 amide bonds. The number of aliphatic hydroxyl groups is 1. The quantitative estimate of drug-likeness (QED) is 0.628. The first-order valence-corrected chi connectivity index (χ1v) is 11.3. The molecule has 0 unspecified atom stereocenters. The lowest BCUT2D eigenvalue weighted by Crippen LogP contribution is -2.38. The van der Waals surface area contributed by atoms with E-state index >= 15 is 0 Å². The number of nitrogens with two attached hydrogens (primary N) is 1. The number of carbonyl (C=O) groups is 2. The van der Waals surface area contributed by atoms with E-state index in [1.165, 1.54) is 17.3 Å². The van der Waals surface area contributed by atoms with Crippen molar-refractivity contribution in [2.24, 2.45) is 5.73 Å². The Morgan fingerprint density at radius 2 is 1.97 bits per heavy atom. The zero-order valence-electron chi connectivity index (χ0n) is 17.2. The van der Waals surface area contributed by atoms with E-state index in [1.54, 1.807) is 12.1 Å². The molecule has 1 heterocycles. The van der Waals surface area contributed by atoms with Gasteiger partial charge in [0.2, 0.25) is 0 Å². The molecular formula is C23H28N2O4S. The second-order valence-corrected chi connectivity index (χ2v) is 8.28. The number of aliphatic hydroxyl groups excluding tert-OH is 1. The van der Waals surface area contributed by atoms with Crippen molar-refractivity contribution in [1.82, 2.24) is 4.90 Å². The molecule has 0 aliphatic carbocycles. The van der Waals surface area contributed by atoms with Gasteiger partial charge in [-0.1, -0.05) is 24.3 Å². The molecule has 7 heteroatoms. The Morgan fingerprint density at radius 3 is 2.63 bits per heavy atom. The molecule has 0 atom stereocenters. The van der Waals surface area contributed by atoms with Gasteiger partial charge in [-0.2, -0.15) is 0 Å². The minimum absolute atomic E-state index is 0.0293. The van der Waals surface area contributed by atoms with Gasteiger partial charge in [-0.15, -0.1) is 11.8 Å². The van der Waals surface area contributed by atoms with Gasteiger partial charge >= 0.3 is 0 Å². The van der Waals surface area contributed by atoms with Gasteiger partial charge in [0.1, 0.15) is 19.0 Å². The maximum Gasteiger partial charge on any atom is 0.254 e. The molecule has 160 valence electrons. The van der Waals surface area contributed by atoms with Crippen LogP contribution in [0.3, 0.4) is 0 Å². The molecule has 1 saturated heterocycles. The number of thioether (sulfide) groups is 1. The first-order valence-electron chi connectivity index (χ1n) is 10.1. The number of Topliss-reactive ketones (excluding diaryl/α,β-unsaturated/α-hetero) is 1. The van der Waals surface area contributed by atoms with Gasteiger partial charge < -0.3 is 20.5 Å². The standard InChI is InChI=1S/C23H28N2O4S/c1-30-22-11-19(10-21(12-22)29-15-20(27)14-26)23(28)25-7-5-17(6-8-25)18-4-2-3-16(9-18)13-24/h2-4,9-12,17,26H,5-8,13-15,24H2,1H3. The van der Waals surface area contributed by atoms with Gasteiger partial charge in [0.15, 0.2) is 5.78 Å². The second kappa shape index (κ2) is 10.6. The Kier molecular flexibility index (Phi) is 7.90. The molecule has 0 aromatic heterocycles. The van der Waals surface area contributed by atoms with Gasteiger partial charge in [-0.25, -0.2) is 0 Å². The fourth-order valence-corrected chi connectivity index (χ4v) is 4.16. The van der Waals surface area contributed by atoms with Crippen LogP contribution in [0.5, 0.6) is 5.75 Å². The number of amides is 1. The van der Waals surface area contributed by atoms with Gasteiger partial charge in [0.05, 0.1) is 0 Å². The van der Waals surface area contributed by atoms with Crippen LogP contribution < -0.4 is 10.5 Å². The fourth-order valence-electron chi connectivity index (χ4n) is 3.68. The Labute approximate surface area is 181 Å². The normalized spacial score (nSPS) is 14.6. The molecular weight excluding hydrogens is 400 g/mol. The van der Waals surface area contributed by atoms with E-state index in [4.69, 9.17) is 15.6 Å². The van der Waals surface area contributed by atoms with E-state index < -0.39 is 12.4 Å². The van der Waals surface area contributed by atoms with Crippen LogP contribution >= 0.6 is 11.8 Å². The number of carbonyl (C=O) groups excluding carboxylic acids is 2. The summed E-state index contributed by atoms with van der Waals surface area (Å²) >= 11 is 1.51. The highest BCUT2D eigenvalue weighted by atomic mass is 32.2. The van der Waals surface area contributed by atoms with Gasteiger partial charge in [-0.05, 0) is 54.3 Å². The van der Waals surface area contributed by atoms with Gasteiger partial charge in [0.25, 0.3) is 5.91 Å². The molecule has 0 bridgehead atoms. The lowest BCUT2D eigenvalue weighted by atomic mass is 9.88. The molecule has 3 N–H and O–H groups in total. The van der Waals surface area contributed by atoms with Crippen LogP contribution in [0.2, 0.25) is 0 Å². The first kappa shape index (κ1) is 22.3. The molecule has 0 spiro atoms. The predicted molar refractivity (Wildman–Crippen MR) is 118 cm³/mol. The number of likely N-dealkylation sites (tertiary alicyclic amines) is 1. The summed E-state index contributed by atoms with van der Waals surface area (Å²) in [5.74, 6) is 0.457. The number of hydrogen-bond acceptors (Lipinski definition) is 6. The summed E-state index contributed by atoms with van der Waals surface area (Å²) in [5, 5.41) is 8.86. The average molecular weight is 429 g/mol. The van der Waals surface area contributed by atoms with E-state index in [0.29, 0.717) is 36.9 Å². The van der Waals surface area contributed by atoms with Crippen LogP contribution in [0.15, 0.2) is 47.4 Å². The van der Waals surface area contributed by atoms with E-state index in [1.807, 2.05) is 29.4 Å². The summed E-state index contributed by atoms with van der Waals surface area (Å²) in [7, 11) is 0. The fraction of sp³-hybridized carbons (Fsp3) is 0.391. The minimum atomic E-state index is -0.558. The summed E-state index contributed by atoms with van der Waals surface area (Å²) in [6.07, 6.45) is 3.75. The third-order valence-electron chi connectivity index (χ3n) is 5.38. The summed E-state index contributed by atoms with van der Waals surface area (Å²) in [6.45, 7) is 1.15. The number of piperidine rings is 1. The summed E-state index contributed by atoms with van der Waals surface area (Å²) in [6, 6.07) is 13.7. The molecule has 0 saturated carbocycles. The zero-order valence-corrected chi connectivity index (χ0v) is 18.0. The topological polar surface area (TPSA) is 92.9 Å². The number of rotatable bonds is 8. The summed E-state index contributed by atoms with van der Waals surface area (Å²) < 4.78 is 5.47. The SMILES string of the molecule is CSc1cc(OCC(=O)CO)cc(C(=O)N2CCC(c3cccc(CN)c3)CC2)c1. The number of ether oxygens (including phenoxy) is 1. The number of benzene rings is 2. The van der Waals surface area contributed by atoms with Crippen molar-refractivity contribution in [3.8, 4) is 5.75 Å². The molecule has 0 radical (unpaired) electrons. The lowest BCUT2D eigenvalue weighted by molar-refractivity contribution is -0.123. The van der Waals surface area contributed by atoms with Gasteiger partial charge in [0, 0.05) is 30.1 Å². The maximum absolute atomic E-state index is 13.1. The van der Waals surface area contributed by atoms with Crippen molar-refractivity contribution in [3.05, 3.63) is 59.2 Å². The molecule has 6 nitrogen and oxygen atoms in total. The van der Waals surface area contributed by atoms with Crippen molar-refractivity contribution in [1.29, 1.82) is 0 Å². The third kappa shape index (κ3) is 5.62. The van der Waals surface area contributed by atoms with Crippen LogP contribution in [-0.2, 0) is 11.3 Å². The number of nitrogens with zero attached hydrogens (tertiary/aromatic N) is 1. The van der Waals surface area contributed by atoms with Crippen molar-refractivity contribution in [2.75, 3.05) is 32.6 Å². The Hall–Kier alpha value is -2.35. The number of hydrogen-bond donors (Lipinski definition) is 2. The van der Waals surface area contributed by atoms with Crippen molar-refractivity contribution in [3.63, 3.8) is 0 Å². The van der Waals surface area contributed by atoms with Crippen molar-refractivity contribution < 1.29 is 19.4 Å². The predicted octanol–water partition coefficient (Wildman–Crippen LogP) is 2.83. The van der Waals surface area contributed by atoms with E-state index in [0.717, 1.165) is 23.3 Å². The van der Waals surface area contributed by atoms with Crippen LogP contribution in [0.1, 0.15) is 40.2 Å². The monoisotopic (exact) mass is 428 g/mol. The highest BCUT2D eigenvalue weighted by Gasteiger charge is 2.25. The van der Waals surface area contributed by atoms with Crippen LogP contribution in [-0.4, -0.2) is 54.3 Å². The van der Waals surface area contributed by atoms with E-state index in [9.17, 15) is 9.59 Å². The van der Waals surface area contributed by atoms with E-state index in [2.05, 4.69) is 12.1 Å². The minimum Gasteiger partial charge on any atom is -0.486 e. The summed E-state index contributed by atoms with van der Waals surface area (Å²) in [4.78, 5) is 27.2. The summed E-state index contributed by atoms with van der Waals surface area (Å²) in [5.41, 5.74) is 8.73. The highest BCUT2D eigenvalue weighted by molar-refractivity contribution is 7.98. The Morgan fingerprint density at radius 1 is 1.20 bits per heavy atom. The highest BCUT2D eigenvalue weighted by Crippen LogP contribution is 2.30. The smallest absolute Gasteiger partial charge is 0.254 e. The Balaban J connectivity index is 1.67. The molecule has 1 aliphatic rings. The largest absolute Gasteiger partial charge is 0.486 e. The molecule has 1 aliphatic heterocycles. The van der Waals surface area contributed by atoms with Crippen LogP contribution in [0.4, 0.5) is 0 Å². The maximum atomic E-state index is 13.1. The third-order valence-corrected chi connectivity index (χ3v) is 6.09. The number of ketones is 1. The van der Waals surface area contributed by atoms with Crippen molar-refractivity contribution in [2.45, 2.75) is 30.2 Å².